The highest BCUT2D eigenvalue weighted by atomic mass is 32.2. The molecule has 0 radical (unpaired) electrons. The van der Waals surface area contributed by atoms with Gasteiger partial charge >= 0.3 is 0 Å². The number of hydrogen-bond acceptors (Lipinski definition) is 7. The molecule has 7 nitrogen and oxygen atoms in total. The summed E-state index contributed by atoms with van der Waals surface area (Å²) in [5.74, 6) is 0.521. The Bertz CT molecular complexity index is 1130. The molecule has 1 N–H and O–H groups in total. The average Bonchev–Trinajstić information content (AvgIpc) is 3.31. The third kappa shape index (κ3) is 6.27. The third-order valence-electron chi connectivity index (χ3n) is 5.38. The number of nitrogens with one attached hydrogen (secondary N) is 1. The van der Waals surface area contributed by atoms with Gasteiger partial charge < -0.3 is 19.9 Å². The van der Waals surface area contributed by atoms with Crippen LogP contribution in [0.4, 0.5) is 15.8 Å². The van der Waals surface area contributed by atoms with E-state index in [1.807, 2.05) is 34.5 Å². The number of hydrogen-bond donors (Lipinski definition) is 1. The molecule has 0 spiro atoms. The Hall–Kier alpha value is -3.11. The molecule has 2 heterocycles. The first-order chi connectivity index (χ1) is 16.5. The summed E-state index contributed by atoms with van der Waals surface area (Å²) in [6.45, 7) is 2.78. The largest absolute Gasteiger partial charge is 0.495 e. The maximum Gasteiger partial charge on any atom is 0.234 e. The van der Waals surface area contributed by atoms with E-state index in [2.05, 4.69) is 15.2 Å². The van der Waals surface area contributed by atoms with E-state index in [9.17, 15) is 14.0 Å². The molecule has 0 unspecified atom stereocenters. The van der Waals surface area contributed by atoms with Crippen LogP contribution in [0.2, 0.25) is 0 Å². The van der Waals surface area contributed by atoms with Crippen LogP contribution >= 0.6 is 23.1 Å². The number of aromatic nitrogens is 1. The van der Waals surface area contributed by atoms with Gasteiger partial charge in [-0.3, -0.25) is 9.59 Å². The van der Waals surface area contributed by atoms with Crippen molar-refractivity contribution in [3.05, 3.63) is 65.4 Å². The first-order valence-electron chi connectivity index (χ1n) is 10.8. The standard InChI is InChI=1S/C24H25FN4O3S2/c1-32-21-5-3-2-4-20(21)28-10-12-29(13-11-28)23(31)14-19-15-33-24(27-19)34-16-22(30)26-18-8-6-17(25)7-9-18/h2-9,15H,10-14,16H2,1H3,(H,26,30). The van der Waals surface area contributed by atoms with Crippen LogP contribution < -0.4 is 15.0 Å². The molecule has 34 heavy (non-hydrogen) atoms. The second-order valence-corrected chi connectivity index (χ2v) is 9.75. The van der Waals surface area contributed by atoms with Crippen molar-refractivity contribution in [2.45, 2.75) is 10.8 Å². The van der Waals surface area contributed by atoms with Crippen LogP contribution in [0.3, 0.4) is 0 Å². The van der Waals surface area contributed by atoms with Gasteiger partial charge in [0.15, 0.2) is 4.34 Å². The van der Waals surface area contributed by atoms with Crippen LogP contribution in [0, 0.1) is 5.82 Å². The first-order valence-corrected chi connectivity index (χ1v) is 12.7. The van der Waals surface area contributed by atoms with Crippen LogP contribution in [0.15, 0.2) is 58.3 Å². The maximum absolute atomic E-state index is 13.0. The molecular formula is C24H25FN4O3S2. The van der Waals surface area contributed by atoms with Crippen molar-refractivity contribution in [1.29, 1.82) is 0 Å². The van der Waals surface area contributed by atoms with E-state index in [0.717, 1.165) is 28.9 Å². The number of anilines is 2. The van der Waals surface area contributed by atoms with E-state index < -0.39 is 0 Å². The second-order valence-electron chi connectivity index (χ2n) is 7.66. The molecule has 178 valence electrons. The number of rotatable bonds is 8. The number of halogens is 1. The van der Waals surface area contributed by atoms with Gasteiger partial charge in [-0.2, -0.15) is 0 Å². The Balaban J connectivity index is 1.23. The molecule has 1 aliphatic heterocycles. The summed E-state index contributed by atoms with van der Waals surface area (Å²) >= 11 is 2.73. The Morgan fingerprint density at radius 1 is 1.12 bits per heavy atom. The average molecular weight is 501 g/mol. The molecule has 0 saturated carbocycles. The van der Waals surface area contributed by atoms with E-state index in [1.165, 1.54) is 47.4 Å². The van der Waals surface area contributed by atoms with Crippen molar-refractivity contribution in [2.24, 2.45) is 0 Å². The number of carbonyl (C=O) groups is 2. The van der Waals surface area contributed by atoms with Crippen molar-refractivity contribution in [3.8, 4) is 5.75 Å². The van der Waals surface area contributed by atoms with Gasteiger partial charge in [-0.1, -0.05) is 23.9 Å². The lowest BCUT2D eigenvalue weighted by molar-refractivity contribution is -0.130. The van der Waals surface area contributed by atoms with Crippen LogP contribution in [-0.4, -0.2) is 60.7 Å². The number of ether oxygens (including phenoxy) is 1. The lowest BCUT2D eigenvalue weighted by atomic mass is 10.2. The quantitative estimate of drug-likeness (QED) is 0.473. The SMILES string of the molecule is COc1ccccc1N1CCN(C(=O)Cc2csc(SCC(=O)Nc3ccc(F)cc3)n2)CC1. The second kappa shape index (κ2) is 11.3. The molecule has 10 heteroatoms. The molecule has 0 bridgehead atoms. The van der Waals surface area contributed by atoms with Gasteiger partial charge in [-0.25, -0.2) is 9.37 Å². The highest BCUT2D eigenvalue weighted by Gasteiger charge is 2.23. The van der Waals surface area contributed by atoms with Gasteiger partial charge in [0.25, 0.3) is 0 Å². The molecule has 1 fully saturated rings. The molecule has 4 rings (SSSR count). The van der Waals surface area contributed by atoms with E-state index >= 15 is 0 Å². The zero-order valence-corrected chi connectivity index (χ0v) is 20.3. The summed E-state index contributed by atoms with van der Waals surface area (Å²) in [6, 6.07) is 13.5. The van der Waals surface area contributed by atoms with Crippen molar-refractivity contribution >= 4 is 46.3 Å². The van der Waals surface area contributed by atoms with E-state index in [4.69, 9.17) is 4.74 Å². The first kappa shape index (κ1) is 24.0. The lowest BCUT2D eigenvalue weighted by Crippen LogP contribution is -2.49. The minimum Gasteiger partial charge on any atom is -0.495 e. The third-order valence-corrected chi connectivity index (χ3v) is 7.45. The summed E-state index contributed by atoms with van der Waals surface area (Å²) in [7, 11) is 1.66. The minimum absolute atomic E-state index is 0.0515. The van der Waals surface area contributed by atoms with Crippen molar-refractivity contribution < 1.29 is 18.7 Å². The Labute approximate surface area is 205 Å². The molecular weight excluding hydrogens is 475 g/mol. The van der Waals surface area contributed by atoms with Gasteiger partial charge in [0.1, 0.15) is 11.6 Å². The predicted octanol–water partition coefficient (Wildman–Crippen LogP) is 3.91. The van der Waals surface area contributed by atoms with Gasteiger partial charge in [0, 0.05) is 37.2 Å². The summed E-state index contributed by atoms with van der Waals surface area (Å²) in [5.41, 5.74) is 2.30. The van der Waals surface area contributed by atoms with Crippen LogP contribution in [0.1, 0.15) is 5.69 Å². The van der Waals surface area contributed by atoms with E-state index in [1.54, 1.807) is 7.11 Å². The zero-order chi connectivity index (χ0) is 23.9. The number of nitrogens with zero attached hydrogens (tertiary/aromatic N) is 3. The fourth-order valence-corrected chi connectivity index (χ4v) is 5.29. The smallest absolute Gasteiger partial charge is 0.234 e. The fraction of sp³-hybridized carbons (Fsp3) is 0.292. The maximum atomic E-state index is 13.0. The van der Waals surface area contributed by atoms with Gasteiger partial charge in [0.05, 0.1) is 30.7 Å². The number of carbonyl (C=O) groups excluding carboxylic acids is 2. The van der Waals surface area contributed by atoms with Gasteiger partial charge in [0.2, 0.25) is 11.8 Å². The summed E-state index contributed by atoms with van der Waals surface area (Å²) in [5, 5.41) is 4.59. The minimum atomic E-state index is -0.351. The number of thiazole rings is 1. The number of methoxy groups -OCH3 is 1. The van der Waals surface area contributed by atoms with E-state index in [-0.39, 0.29) is 29.8 Å². The number of thioether (sulfide) groups is 1. The monoisotopic (exact) mass is 500 g/mol. The van der Waals surface area contributed by atoms with Gasteiger partial charge in [-0.05, 0) is 36.4 Å². The highest BCUT2D eigenvalue weighted by Crippen LogP contribution is 2.28. The summed E-state index contributed by atoms with van der Waals surface area (Å²) in [6.07, 6.45) is 0.244. The van der Waals surface area contributed by atoms with Crippen molar-refractivity contribution in [1.82, 2.24) is 9.88 Å². The van der Waals surface area contributed by atoms with Crippen LogP contribution in [-0.2, 0) is 16.0 Å². The van der Waals surface area contributed by atoms with Gasteiger partial charge in [-0.15, -0.1) is 11.3 Å². The lowest BCUT2D eigenvalue weighted by Gasteiger charge is -2.36. The molecule has 1 aromatic heterocycles. The number of para-hydroxylation sites is 2. The normalized spacial score (nSPS) is 13.6. The fourth-order valence-electron chi connectivity index (χ4n) is 3.65. The molecule has 2 aromatic carbocycles. The molecule has 1 saturated heterocycles. The molecule has 0 aliphatic carbocycles. The number of benzene rings is 2. The predicted molar refractivity (Wildman–Crippen MR) is 133 cm³/mol. The Morgan fingerprint density at radius 3 is 2.59 bits per heavy atom. The van der Waals surface area contributed by atoms with Crippen molar-refractivity contribution in [3.63, 3.8) is 0 Å². The Morgan fingerprint density at radius 2 is 1.85 bits per heavy atom. The highest BCUT2D eigenvalue weighted by molar-refractivity contribution is 8.01. The van der Waals surface area contributed by atoms with Crippen LogP contribution in [0.25, 0.3) is 0 Å². The molecule has 0 atom stereocenters. The summed E-state index contributed by atoms with van der Waals surface area (Å²) < 4.78 is 19.2. The molecule has 3 aromatic rings. The Kier molecular flexibility index (Phi) is 8.02. The summed E-state index contributed by atoms with van der Waals surface area (Å²) in [4.78, 5) is 33.5. The molecule has 2 amide bonds. The number of amides is 2. The topological polar surface area (TPSA) is 74.8 Å². The van der Waals surface area contributed by atoms with Crippen molar-refractivity contribution in [2.75, 3.05) is 49.3 Å². The molecule has 1 aliphatic rings. The zero-order valence-electron chi connectivity index (χ0n) is 18.7. The number of piperazine rings is 1. The van der Waals surface area contributed by atoms with Crippen LogP contribution in [0.5, 0.6) is 5.75 Å². The van der Waals surface area contributed by atoms with E-state index in [0.29, 0.717) is 24.5 Å².